The van der Waals surface area contributed by atoms with Gasteiger partial charge in [0.15, 0.2) is 0 Å². The highest BCUT2D eigenvalue weighted by Gasteiger charge is 2.31. The monoisotopic (exact) mass is 494 g/mol. The quantitative estimate of drug-likeness (QED) is 0.241. The first-order valence-corrected chi connectivity index (χ1v) is 14.0. The predicted octanol–water partition coefficient (Wildman–Crippen LogP) is 8.66. The summed E-state index contributed by atoms with van der Waals surface area (Å²) >= 11 is 0. The summed E-state index contributed by atoms with van der Waals surface area (Å²) in [6.07, 6.45) is 4.92. The van der Waals surface area contributed by atoms with E-state index in [4.69, 9.17) is 11.5 Å². The van der Waals surface area contributed by atoms with Crippen molar-refractivity contribution in [3.8, 4) is 0 Å². The maximum Gasteiger partial charge on any atom is 0.0190 e. The molecule has 188 valence electrons. The first-order valence-electron chi connectivity index (χ1n) is 14.0. The molecule has 1 saturated carbocycles. The van der Waals surface area contributed by atoms with Crippen molar-refractivity contribution in [2.45, 2.75) is 50.6 Å². The van der Waals surface area contributed by atoms with Crippen LogP contribution in [0.5, 0.6) is 0 Å². The molecule has 0 bridgehead atoms. The second-order valence-corrected chi connectivity index (χ2v) is 10.9. The molecule has 0 radical (unpaired) electrons. The van der Waals surface area contributed by atoms with Crippen molar-refractivity contribution < 1.29 is 0 Å². The van der Waals surface area contributed by atoms with Crippen molar-refractivity contribution >= 4 is 43.1 Å². The van der Waals surface area contributed by atoms with Crippen LogP contribution in [0, 0.1) is 0 Å². The molecule has 2 heteroatoms. The largest absolute Gasteiger partial charge is 0.326 e. The van der Waals surface area contributed by atoms with E-state index in [0.29, 0.717) is 24.9 Å². The molecular formula is C36H34N2. The zero-order valence-corrected chi connectivity index (χ0v) is 21.8. The Morgan fingerprint density at radius 3 is 1.37 bits per heavy atom. The van der Waals surface area contributed by atoms with Gasteiger partial charge in [0.25, 0.3) is 0 Å². The Morgan fingerprint density at radius 2 is 0.921 bits per heavy atom. The van der Waals surface area contributed by atoms with Gasteiger partial charge in [0.1, 0.15) is 0 Å². The van der Waals surface area contributed by atoms with Crippen molar-refractivity contribution in [1.82, 2.24) is 0 Å². The molecule has 1 aliphatic carbocycles. The zero-order valence-electron chi connectivity index (χ0n) is 21.8. The molecule has 1 fully saturated rings. The molecule has 38 heavy (non-hydrogen) atoms. The minimum absolute atomic E-state index is 0.446. The van der Waals surface area contributed by atoms with E-state index in [-0.39, 0.29) is 0 Å². The van der Waals surface area contributed by atoms with Crippen LogP contribution in [0.4, 0.5) is 0 Å². The maximum atomic E-state index is 6.48. The molecule has 6 aromatic rings. The number of hydrogen-bond acceptors (Lipinski definition) is 2. The third-order valence-corrected chi connectivity index (χ3v) is 9.03. The van der Waals surface area contributed by atoms with Crippen molar-refractivity contribution in [2.24, 2.45) is 11.5 Å². The van der Waals surface area contributed by atoms with Gasteiger partial charge in [-0.3, -0.25) is 0 Å². The Bertz CT molecular complexity index is 1680. The van der Waals surface area contributed by atoms with E-state index >= 15 is 0 Å². The van der Waals surface area contributed by atoms with Crippen LogP contribution in [-0.2, 0) is 13.1 Å². The number of rotatable bonds is 4. The topological polar surface area (TPSA) is 52.0 Å². The Balaban J connectivity index is 1.48. The van der Waals surface area contributed by atoms with E-state index < -0.39 is 0 Å². The summed E-state index contributed by atoms with van der Waals surface area (Å²) in [6.45, 7) is 1.09. The number of fused-ring (bicyclic) bond motifs is 4. The number of nitrogens with two attached hydrogens (primary N) is 2. The van der Waals surface area contributed by atoms with E-state index in [1.807, 2.05) is 0 Å². The Kier molecular flexibility index (Phi) is 5.88. The average molecular weight is 495 g/mol. The van der Waals surface area contributed by atoms with Gasteiger partial charge in [0, 0.05) is 13.1 Å². The van der Waals surface area contributed by atoms with Crippen molar-refractivity contribution in [1.29, 1.82) is 0 Å². The summed E-state index contributed by atoms with van der Waals surface area (Å²) < 4.78 is 0. The molecule has 0 saturated heterocycles. The molecule has 7 rings (SSSR count). The molecule has 2 nitrogen and oxygen atoms in total. The van der Waals surface area contributed by atoms with E-state index in [2.05, 4.69) is 97.1 Å². The summed E-state index contributed by atoms with van der Waals surface area (Å²) in [7, 11) is 0. The van der Waals surface area contributed by atoms with Crippen LogP contribution in [0.25, 0.3) is 43.1 Å². The lowest BCUT2D eigenvalue weighted by atomic mass is 9.69. The Hall–Kier alpha value is -3.72. The number of benzene rings is 6. The molecule has 0 aliphatic heterocycles. The van der Waals surface area contributed by atoms with Gasteiger partial charge in [-0.2, -0.15) is 0 Å². The average Bonchev–Trinajstić information content (AvgIpc) is 2.98. The standard InChI is InChI=1S/C36H34N2/c37-21-33-27-13-3-1-9-23(27)19-25-11-7-17-31(35(25)33)29-15-5-6-16-30(29)32-18-8-12-26-20-24-10-2-4-14-28(24)34(22-38)36(26)32/h1-4,7-14,17-20,29-30H,5-6,15-16,21-22,37-38H2. The maximum absolute atomic E-state index is 6.48. The van der Waals surface area contributed by atoms with Crippen LogP contribution < -0.4 is 11.5 Å². The van der Waals surface area contributed by atoms with Gasteiger partial charge in [-0.1, -0.05) is 97.8 Å². The molecule has 0 spiro atoms. The second kappa shape index (κ2) is 9.54. The lowest BCUT2D eigenvalue weighted by Gasteiger charge is -2.35. The normalized spacial score (nSPS) is 18.1. The van der Waals surface area contributed by atoms with Crippen LogP contribution in [0.15, 0.2) is 97.1 Å². The summed E-state index contributed by atoms with van der Waals surface area (Å²) in [4.78, 5) is 0. The van der Waals surface area contributed by atoms with Crippen molar-refractivity contribution in [2.75, 3.05) is 0 Å². The van der Waals surface area contributed by atoms with Gasteiger partial charge < -0.3 is 11.5 Å². The van der Waals surface area contributed by atoms with Crippen LogP contribution in [0.3, 0.4) is 0 Å². The van der Waals surface area contributed by atoms with E-state index in [9.17, 15) is 0 Å². The summed E-state index contributed by atoms with van der Waals surface area (Å²) in [5.74, 6) is 0.892. The van der Waals surface area contributed by atoms with E-state index in [1.165, 1.54) is 91.0 Å². The fourth-order valence-corrected chi connectivity index (χ4v) is 7.43. The van der Waals surface area contributed by atoms with Gasteiger partial charge in [0.05, 0.1) is 0 Å². The molecule has 0 amide bonds. The van der Waals surface area contributed by atoms with Crippen molar-refractivity contribution in [3.05, 3.63) is 119 Å². The highest BCUT2D eigenvalue weighted by Crippen LogP contribution is 2.49. The third-order valence-electron chi connectivity index (χ3n) is 9.03. The number of hydrogen-bond donors (Lipinski definition) is 2. The minimum Gasteiger partial charge on any atom is -0.326 e. The highest BCUT2D eigenvalue weighted by molar-refractivity contribution is 6.05. The smallest absolute Gasteiger partial charge is 0.0190 e. The van der Waals surface area contributed by atoms with E-state index in [0.717, 1.165) is 0 Å². The molecule has 1 aliphatic rings. The molecule has 4 N–H and O–H groups in total. The molecule has 6 aromatic carbocycles. The first-order chi connectivity index (χ1) is 18.8. The van der Waals surface area contributed by atoms with Crippen LogP contribution in [0.2, 0.25) is 0 Å². The van der Waals surface area contributed by atoms with Gasteiger partial charge in [0.2, 0.25) is 0 Å². The Labute approximate surface area is 224 Å². The second-order valence-electron chi connectivity index (χ2n) is 10.9. The molecular weight excluding hydrogens is 460 g/mol. The van der Waals surface area contributed by atoms with Gasteiger partial charge in [-0.05, 0) is 102 Å². The lowest BCUT2D eigenvalue weighted by molar-refractivity contribution is 0.389. The van der Waals surface area contributed by atoms with Gasteiger partial charge >= 0.3 is 0 Å². The molecule has 2 unspecified atom stereocenters. The third kappa shape index (κ3) is 3.63. The SMILES string of the molecule is NCc1c2ccccc2cc2cccc(C3CCCCC3c3cccc4cc5ccccc5c(CN)c34)c12. The summed E-state index contributed by atoms with van der Waals surface area (Å²) in [5.41, 5.74) is 18.4. The van der Waals surface area contributed by atoms with Gasteiger partial charge in [-0.25, -0.2) is 0 Å². The first kappa shape index (κ1) is 23.4. The predicted molar refractivity (Wildman–Crippen MR) is 163 cm³/mol. The summed E-state index contributed by atoms with van der Waals surface area (Å²) in [6, 6.07) is 35.9. The Morgan fingerprint density at radius 1 is 0.500 bits per heavy atom. The molecule has 0 heterocycles. The van der Waals surface area contributed by atoms with Crippen molar-refractivity contribution in [3.63, 3.8) is 0 Å². The van der Waals surface area contributed by atoms with Crippen LogP contribution in [0.1, 0.15) is 59.8 Å². The minimum atomic E-state index is 0.446. The highest BCUT2D eigenvalue weighted by atomic mass is 14.5. The van der Waals surface area contributed by atoms with E-state index in [1.54, 1.807) is 0 Å². The fourth-order valence-electron chi connectivity index (χ4n) is 7.43. The van der Waals surface area contributed by atoms with Crippen LogP contribution in [-0.4, -0.2) is 0 Å². The molecule has 2 atom stereocenters. The van der Waals surface area contributed by atoms with Crippen LogP contribution >= 0.6 is 0 Å². The fraction of sp³-hybridized carbons (Fsp3) is 0.222. The van der Waals surface area contributed by atoms with Gasteiger partial charge in [-0.15, -0.1) is 0 Å². The zero-order chi connectivity index (χ0) is 25.6. The molecule has 0 aromatic heterocycles. The lowest BCUT2D eigenvalue weighted by Crippen LogP contribution is -2.18. The summed E-state index contributed by atoms with van der Waals surface area (Å²) in [5, 5.41) is 10.5.